The van der Waals surface area contributed by atoms with Crippen molar-refractivity contribution in [3.8, 4) is 0 Å². The summed E-state index contributed by atoms with van der Waals surface area (Å²) in [6, 6.07) is -0.162. The van der Waals surface area contributed by atoms with E-state index < -0.39 is 5.97 Å². The first-order chi connectivity index (χ1) is 9.61. The molecule has 1 fully saturated rings. The SMILES string of the molecule is O=C(O)CC1CCN(C(=O)Nc2nc3c(s2)CCC3)C1. The van der Waals surface area contributed by atoms with Gasteiger partial charge in [-0.05, 0) is 31.6 Å². The number of hydrogen-bond acceptors (Lipinski definition) is 4. The van der Waals surface area contributed by atoms with Gasteiger partial charge in [-0.1, -0.05) is 0 Å². The minimum atomic E-state index is -0.798. The van der Waals surface area contributed by atoms with Gasteiger partial charge in [0, 0.05) is 24.4 Å². The second-order valence-electron chi connectivity index (χ2n) is 5.37. The van der Waals surface area contributed by atoms with E-state index in [4.69, 9.17) is 5.11 Å². The van der Waals surface area contributed by atoms with Crippen molar-refractivity contribution in [2.45, 2.75) is 32.1 Å². The zero-order valence-corrected chi connectivity index (χ0v) is 11.9. The molecule has 1 aromatic heterocycles. The number of carbonyl (C=O) groups excluding carboxylic acids is 1. The molecule has 108 valence electrons. The molecule has 0 aromatic carbocycles. The number of carboxylic acid groups (broad SMARTS) is 1. The fraction of sp³-hybridized carbons (Fsp3) is 0.615. The Labute approximate surface area is 120 Å². The van der Waals surface area contributed by atoms with Crippen molar-refractivity contribution in [2.75, 3.05) is 18.4 Å². The van der Waals surface area contributed by atoms with E-state index in [9.17, 15) is 9.59 Å². The number of carbonyl (C=O) groups is 2. The number of fused-ring (bicyclic) bond motifs is 1. The van der Waals surface area contributed by atoms with Crippen LogP contribution in [0.25, 0.3) is 0 Å². The molecule has 1 aliphatic heterocycles. The van der Waals surface area contributed by atoms with Gasteiger partial charge in [0.2, 0.25) is 0 Å². The summed E-state index contributed by atoms with van der Waals surface area (Å²) in [6.45, 7) is 1.14. The molecule has 1 atom stereocenters. The monoisotopic (exact) mass is 295 g/mol. The number of rotatable bonds is 3. The van der Waals surface area contributed by atoms with Crippen LogP contribution in [0.2, 0.25) is 0 Å². The Morgan fingerprint density at radius 3 is 3.05 bits per heavy atom. The summed E-state index contributed by atoms with van der Waals surface area (Å²) >= 11 is 1.56. The van der Waals surface area contributed by atoms with Crippen LogP contribution in [-0.4, -0.2) is 40.1 Å². The topological polar surface area (TPSA) is 82.5 Å². The zero-order chi connectivity index (χ0) is 14.1. The van der Waals surface area contributed by atoms with Crippen LogP contribution in [0, 0.1) is 5.92 Å². The van der Waals surface area contributed by atoms with Crippen LogP contribution < -0.4 is 5.32 Å². The normalized spacial score (nSPS) is 21.0. The molecule has 3 rings (SSSR count). The number of aryl methyl sites for hydroxylation is 2. The maximum absolute atomic E-state index is 12.1. The van der Waals surface area contributed by atoms with Crippen molar-refractivity contribution in [2.24, 2.45) is 5.92 Å². The van der Waals surface area contributed by atoms with Gasteiger partial charge in [0.15, 0.2) is 5.13 Å². The Kier molecular flexibility index (Phi) is 3.60. The highest BCUT2D eigenvalue weighted by molar-refractivity contribution is 7.15. The first-order valence-corrected chi connectivity index (χ1v) is 7.70. The summed E-state index contributed by atoms with van der Waals surface area (Å²) in [6.07, 6.45) is 4.12. The number of likely N-dealkylation sites (tertiary alicyclic amines) is 1. The third-order valence-electron chi connectivity index (χ3n) is 3.85. The van der Waals surface area contributed by atoms with Gasteiger partial charge in [-0.25, -0.2) is 9.78 Å². The lowest BCUT2D eigenvalue weighted by Crippen LogP contribution is -2.33. The zero-order valence-electron chi connectivity index (χ0n) is 11.1. The molecule has 1 saturated heterocycles. The molecule has 0 spiro atoms. The molecule has 2 heterocycles. The van der Waals surface area contributed by atoms with E-state index in [2.05, 4.69) is 10.3 Å². The smallest absolute Gasteiger partial charge is 0.323 e. The molecule has 2 N–H and O–H groups in total. The summed E-state index contributed by atoms with van der Waals surface area (Å²) < 4.78 is 0. The summed E-state index contributed by atoms with van der Waals surface area (Å²) in [7, 11) is 0. The van der Waals surface area contributed by atoms with Gasteiger partial charge in [0.1, 0.15) is 0 Å². The highest BCUT2D eigenvalue weighted by Crippen LogP contribution is 2.30. The van der Waals surface area contributed by atoms with Gasteiger partial charge >= 0.3 is 12.0 Å². The highest BCUT2D eigenvalue weighted by atomic mass is 32.1. The van der Waals surface area contributed by atoms with Crippen LogP contribution in [0.5, 0.6) is 0 Å². The van der Waals surface area contributed by atoms with E-state index in [1.54, 1.807) is 16.2 Å². The molecule has 1 aromatic rings. The van der Waals surface area contributed by atoms with Gasteiger partial charge in [0.05, 0.1) is 5.69 Å². The standard InChI is InChI=1S/C13H17N3O3S/c17-11(18)6-8-4-5-16(7-8)13(19)15-12-14-9-2-1-3-10(9)20-12/h8H,1-7H2,(H,17,18)(H,14,15,19). The third kappa shape index (κ3) is 2.77. The van der Waals surface area contributed by atoms with Gasteiger partial charge in [-0.15, -0.1) is 11.3 Å². The van der Waals surface area contributed by atoms with E-state index in [0.717, 1.165) is 31.4 Å². The number of aromatic nitrogens is 1. The number of nitrogens with zero attached hydrogens (tertiary/aromatic N) is 2. The second-order valence-corrected chi connectivity index (χ2v) is 6.45. The first-order valence-electron chi connectivity index (χ1n) is 6.88. The van der Waals surface area contributed by atoms with E-state index in [1.807, 2.05) is 0 Å². The second kappa shape index (κ2) is 5.40. The first kappa shape index (κ1) is 13.4. The van der Waals surface area contributed by atoms with Gasteiger partial charge in [0.25, 0.3) is 0 Å². The fourth-order valence-corrected chi connectivity index (χ4v) is 3.88. The maximum atomic E-state index is 12.1. The molecule has 0 radical (unpaired) electrons. The van der Waals surface area contributed by atoms with Crippen LogP contribution in [0.3, 0.4) is 0 Å². The van der Waals surface area contributed by atoms with Crippen molar-refractivity contribution in [3.05, 3.63) is 10.6 Å². The van der Waals surface area contributed by atoms with Crippen molar-refractivity contribution in [1.82, 2.24) is 9.88 Å². The van der Waals surface area contributed by atoms with Crippen molar-refractivity contribution >= 4 is 28.5 Å². The number of aliphatic carboxylic acids is 1. The summed E-state index contributed by atoms with van der Waals surface area (Å²) in [4.78, 5) is 30.2. The molecule has 1 aliphatic carbocycles. The van der Waals surface area contributed by atoms with Crippen LogP contribution in [0.15, 0.2) is 0 Å². The number of carboxylic acids is 1. The third-order valence-corrected chi connectivity index (χ3v) is 4.92. The quantitative estimate of drug-likeness (QED) is 0.893. The number of hydrogen-bond donors (Lipinski definition) is 2. The Bertz CT molecular complexity index is 521. The predicted octanol–water partition coefficient (Wildman–Crippen LogP) is 1.96. The molecule has 2 aliphatic rings. The van der Waals surface area contributed by atoms with E-state index in [1.165, 1.54) is 4.88 Å². The van der Waals surface area contributed by atoms with Crippen molar-refractivity contribution < 1.29 is 14.7 Å². The van der Waals surface area contributed by atoms with Crippen molar-refractivity contribution in [1.29, 1.82) is 0 Å². The molecular weight excluding hydrogens is 278 g/mol. The number of thiazole rings is 1. The Hall–Kier alpha value is -1.63. The van der Waals surface area contributed by atoms with Crippen LogP contribution >= 0.6 is 11.3 Å². The summed E-state index contributed by atoms with van der Waals surface area (Å²) in [5.41, 5.74) is 1.12. The number of anilines is 1. The molecular formula is C13H17N3O3S. The van der Waals surface area contributed by atoms with Gasteiger partial charge in [-0.3, -0.25) is 10.1 Å². The minimum Gasteiger partial charge on any atom is -0.481 e. The van der Waals surface area contributed by atoms with Crippen molar-refractivity contribution in [3.63, 3.8) is 0 Å². The van der Waals surface area contributed by atoms with Gasteiger partial charge in [-0.2, -0.15) is 0 Å². The Morgan fingerprint density at radius 2 is 2.30 bits per heavy atom. The molecule has 2 amide bonds. The summed E-state index contributed by atoms with van der Waals surface area (Å²) in [5.74, 6) is -0.729. The molecule has 0 saturated carbocycles. The maximum Gasteiger partial charge on any atom is 0.323 e. The molecule has 1 unspecified atom stereocenters. The Morgan fingerprint density at radius 1 is 1.45 bits per heavy atom. The average Bonchev–Trinajstić information content (AvgIpc) is 3.02. The largest absolute Gasteiger partial charge is 0.481 e. The lowest BCUT2D eigenvalue weighted by atomic mass is 10.1. The fourth-order valence-electron chi connectivity index (χ4n) is 2.85. The predicted molar refractivity (Wildman–Crippen MR) is 75.1 cm³/mol. The average molecular weight is 295 g/mol. The van der Waals surface area contributed by atoms with Crippen LogP contribution in [0.4, 0.5) is 9.93 Å². The van der Waals surface area contributed by atoms with E-state index >= 15 is 0 Å². The lowest BCUT2D eigenvalue weighted by Gasteiger charge is -2.15. The lowest BCUT2D eigenvalue weighted by molar-refractivity contribution is -0.138. The molecule has 7 heteroatoms. The number of urea groups is 1. The summed E-state index contributed by atoms with van der Waals surface area (Å²) in [5, 5.41) is 12.3. The molecule has 20 heavy (non-hydrogen) atoms. The van der Waals surface area contributed by atoms with Crippen LogP contribution in [-0.2, 0) is 17.6 Å². The highest BCUT2D eigenvalue weighted by Gasteiger charge is 2.28. The number of nitrogens with one attached hydrogen (secondary N) is 1. The number of amides is 2. The van der Waals surface area contributed by atoms with E-state index in [-0.39, 0.29) is 18.4 Å². The molecule has 0 bridgehead atoms. The van der Waals surface area contributed by atoms with Crippen LogP contribution in [0.1, 0.15) is 29.8 Å². The minimum absolute atomic E-state index is 0.0690. The Balaban J connectivity index is 1.55. The molecule has 6 nitrogen and oxygen atoms in total. The van der Waals surface area contributed by atoms with E-state index in [0.29, 0.717) is 18.2 Å². The van der Waals surface area contributed by atoms with Gasteiger partial charge < -0.3 is 10.0 Å².